The topological polar surface area (TPSA) is 78.5 Å². The van der Waals surface area contributed by atoms with Gasteiger partial charge in [0.25, 0.3) is 11.8 Å². The first kappa shape index (κ1) is 17.1. The minimum atomic E-state index is -0.932. The smallest absolute Gasteiger partial charge is 0.268 e. The zero-order valence-electron chi connectivity index (χ0n) is 12.8. The number of hydrazine groups is 1. The highest BCUT2D eigenvalue weighted by Crippen LogP contribution is 2.24. The third kappa shape index (κ3) is 3.52. The van der Waals surface area contributed by atoms with Gasteiger partial charge in [0.1, 0.15) is 11.9 Å². The molecule has 0 bridgehead atoms. The SMILES string of the molecule is O=C(NN[C@@H]1CC(=O)N(c2ccc(Cl)cc2)C1=O)c1ccccc1F. The summed E-state index contributed by atoms with van der Waals surface area (Å²) in [5.41, 5.74) is 4.99. The Hall–Kier alpha value is -2.77. The second-order valence-electron chi connectivity index (χ2n) is 5.38. The molecular weight excluding hydrogens is 349 g/mol. The van der Waals surface area contributed by atoms with Crippen LogP contribution in [-0.4, -0.2) is 23.8 Å². The standard InChI is InChI=1S/C17H13ClFN3O3/c18-10-5-7-11(8-6-10)22-15(23)9-14(17(22)25)20-21-16(24)12-3-1-2-4-13(12)19/h1-8,14,20H,9H2,(H,21,24)/t14-/m1/s1. The molecule has 3 rings (SSSR count). The average molecular weight is 362 g/mol. The van der Waals surface area contributed by atoms with Gasteiger partial charge in [0.15, 0.2) is 0 Å². The summed E-state index contributed by atoms with van der Waals surface area (Å²) in [7, 11) is 0. The van der Waals surface area contributed by atoms with Crippen molar-refractivity contribution >= 4 is 35.0 Å². The number of rotatable bonds is 4. The number of anilines is 1. The van der Waals surface area contributed by atoms with E-state index in [1.54, 1.807) is 24.3 Å². The monoisotopic (exact) mass is 361 g/mol. The highest BCUT2D eigenvalue weighted by molar-refractivity contribution is 6.30. The van der Waals surface area contributed by atoms with Crippen LogP contribution < -0.4 is 15.8 Å². The van der Waals surface area contributed by atoms with Gasteiger partial charge in [0.05, 0.1) is 17.7 Å². The zero-order valence-corrected chi connectivity index (χ0v) is 13.6. The molecule has 25 heavy (non-hydrogen) atoms. The lowest BCUT2D eigenvalue weighted by Crippen LogP contribution is -2.48. The molecule has 2 N–H and O–H groups in total. The van der Waals surface area contributed by atoms with Gasteiger partial charge in [-0.2, -0.15) is 0 Å². The minimum Gasteiger partial charge on any atom is -0.287 e. The van der Waals surface area contributed by atoms with E-state index in [1.165, 1.54) is 18.2 Å². The Bertz CT molecular complexity index is 841. The highest BCUT2D eigenvalue weighted by atomic mass is 35.5. The molecule has 1 aliphatic rings. The first-order valence-electron chi connectivity index (χ1n) is 7.40. The Morgan fingerprint density at radius 2 is 1.80 bits per heavy atom. The summed E-state index contributed by atoms with van der Waals surface area (Å²) in [5, 5.41) is 0.481. The maximum atomic E-state index is 13.6. The number of hydrogen-bond donors (Lipinski definition) is 2. The van der Waals surface area contributed by atoms with Crippen LogP contribution in [0.4, 0.5) is 10.1 Å². The van der Waals surface area contributed by atoms with Crippen molar-refractivity contribution in [3.63, 3.8) is 0 Å². The van der Waals surface area contributed by atoms with E-state index in [0.29, 0.717) is 10.7 Å². The van der Waals surface area contributed by atoms with E-state index in [9.17, 15) is 18.8 Å². The van der Waals surface area contributed by atoms with Crippen LogP contribution in [0.3, 0.4) is 0 Å². The molecule has 0 aromatic heterocycles. The fourth-order valence-electron chi connectivity index (χ4n) is 2.47. The fraction of sp³-hybridized carbons (Fsp3) is 0.118. The summed E-state index contributed by atoms with van der Waals surface area (Å²) in [5.74, 6) is -2.34. The summed E-state index contributed by atoms with van der Waals surface area (Å²) < 4.78 is 13.6. The van der Waals surface area contributed by atoms with E-state index in [4.69, 9.17) is 11.6 Å². The first-order chi connectivity index (χ1) is 12.0. The zero-order chi connectivity index (χ0) is 18.0. The molecule has 2 aromatic rings. The van der Waals surface area contributed by atoms with Crippen LogP contribution in [0.2, 0.25) is 5.02 Å². The Labute approximate surface area is 147 Å². The van der Waals surface area contributed by atoms with Crippen LogP contribution in [0.15, 0.2) is 48.5 Å². The molecule has 128 valence electrons. The average Bonchev–Trinajstić information content (AvgIpc) is 2.88. The van der Waals surface area contributed by atoms with Gasteiger partial charge in [-0.3, -0.25) is 19.8 Å². The summed E-state index contributed by atoms with van der Waals surface area (Å²) in [6.45, 7) is 0. The van der Waals surface area contributed by atoms with E-state index >= 15 is 0 Å². The lowest BCUT2D eigenvalue weighted by molar-refractivity contribution is -0.121. The molecule has 0 unspecified atom stereocenters. The Morgan fingerprint density at radius 1 is 1.12 bits per heavy atom. The van der Waals surface area contributed by atoms with Gasteiger partial charge in [0.2, 0.25) is 5.91 Å². The number of halogens is 2. The minimum absolute atomic E-state index is 0.126. The van der Waals surface area contributed by atoms with Crippen molar-refractivity contribution in [2.45, 2.75) is 12.5 Å². The van der Waals surface area contributed by atoms with Gasteiger partial charge < -0.3 is 0 Å². The highest BCUT2D eigenvalue weighted by Gasteiger charge is 2.39. The van der Waals surface area contributed by atoms with Gasteiger partial charge in [0, 0.05) is 5.02 Å². The van der Waals surface area contributed by atoms with Crippen molar-refractivity contribution in [1.29, 1.82) is 0 Å². The van der Waals surface area contributed by atoms with Crippen LogP contribution in [0.1, 0.15) is 16.8 Å². The van der Waals surface area contributed by atoms with Crippen molar-refractivity contribution in [3.05, 3.63) is 64.9 Å². The Kier molecular flexibility index (Phi) is 4.78. The molecule has 0 radical (unpaired) electrons. The van der Waals surface area contributed by atoms with Gasteiger partial charge in [-0.15, -0.1) is 0 Å². The van der Waals surface area contributed by atoms with Crippen LogP contribution >= 0.6 is 11.6 Å². The van der Waals surface area contributed by atoms with Crippen molar-refractivity contribution in [1.82, 2.24) is 10.9 Å². The van der Waals surface area contributed by atoms with E-state index < -0.39 is 29.6 Å². The van der Waals surface area contributed by atoms with E-state index in [-0.39, 0.29) is 12.0 Å². The molecule has 1 atom stereocenters. The largest absolute Gasteiger partial charge is 0.287 e. The first-order valence-corrected chi connectivity index (χ1v) is 7.78. The van der Waals surface area contributed by atoms with Crippen LogP contribution in [-0.2, 0) is 9.59 Å². The lowest BCUT2D eigenvalue weighted by atomic mass is 10.2. The number of benzene rings is 2. The molecule has 8 heteroatoms. The molecule has 0 saturated carbocycles. The van der Waals surface area contributed by atoms with Gasteiger partial charge >= 0.3 is 0 Å². The second kappa shape index (κ2) is 7.00. The third-order valence-corrected chi connectivity index (χ3v) is 3.96. The molecule has 2 aromatic carbocycles. The molecule has 1 fully saturated rings. The number of hydrogen-bond acceptors (Lipinski definition) is 4. The quantitative estimate of drug-likeness (QED) is 0.645. The van der Waals surface area contributed by atoms with E-state index in [2.05, 4.69) is 10.9 Å². The summed E-state index contributed by atoms with van der Waals surface area (Å²) in [6.07, 6.45) is -0.126. The summed E-state index contributed by atoms with van der Waals surface area (Å²) in [4.78, 5) is 37.5. The number of nitrogens with zero attached hydrogens (tertiary/aromatic N) is 1. The van der Waals surface area contributed by atoms with Gasteiger partial charge in [-0.25, -0.2) is 14.7 Å². The maximum absolute atomic E-state index is 13.6. The molecule has 1 saturated heterocycles. The third-order valence-electron chi connectivity index (χ3n) is 3.71. The van der Waals surface area contributed by atoms with Crippen LogP contribution in [0.5, 0.6) is 0 Å². The van der Waals surface area contributed by atoms with Gasteiger partial charge in [-0.1, -0.05) is 23.7 Å². The molecule has 1 heterocycles. The number of carbonyl (C=O) groups excluding carboxylic acids is 3. The van der Waals surface area contributed by atoms with Crippen molar-refractivity contribution in [2.24, 2.45) is 0 Å². The fourth-order valence-corrected chi connectivity index (χ4v) is 2.60. The van der Waals surface area contributed by atoms with Crippen LogP contribution in [0.25, 0.3) is 0 Å². The van der Waals surface area contributed by atoms with Crippen LogP contribution in [0, 0.1) is 5.82 Å². The van der Waals surface area contributed by atoms with Crippen molar-refractivity contribution < 1.29 is 18.8 Å². The molecular formula is C17H13ClFN3O3. The maximum Gasteiger partial charge on any atom is 0.268 e. The molecule has 3 amide bonds. The predicted molar refractivity (Wildman–Crippen MR) is 89.4 cm³/mol. The summed E-state index contributed by atoms with van der Waals surface area (Å²) >= 11 is 5.80. The van der Waals surface area contributed by atoms with Crippen molar-refractivity contribution in [2.75, 3.05) is 4.90 Å². The Morgan fingerprint density at radius 3 is 2.48 bits per heavy atom. The second-order valence-corrected chi connectivity index (χ2v) is 5.82. The normalized spacial score (nSPS) is 17.0. The van der Waals surface area contributed by atoms with Gasteiger partial charge in [-0.05, 0) is 36.4 Å². The van der Waals surface area contributed by atoms with E-state index in [1.807, 2.05) is 0 Å². The summed E-state index contributed by atoms with van der Waals surface area (Å²) in [6, 6.07) is 10.8. The number of imide groups is 1. The predicted octanol–water partition coefficient (Wildman–Crippen LogP) is 2.05. The Balaban J connectivity index is 1.67. The lowest BCUT2D eigenvalue weighted by Gasteiger charge is -2.16. The number of amides is 3. The van der Waals surface area contributed by atoms with Crippen molar-refractivity contribution in [3.8, 4) is 0 Å². The molecule has 0 aliphatic carbocycles. The molecule has 1 aliphatic heterocycles. The number of nitrogens with one attached hydrogen (secondary N) is 2. The molecule has 0 spiro atoms. The van der Waals surface area contributed by atoms with E-state index in [0.717, 1.165) is 11.0 Å². The number of carbonyl (C=O) groups is 3. The molecule has 6 nitrogen and oxygen atoms in total.